The van der Waals surface area contributed by atoms with Gasteiger partial charge in [-0.15, -0.1) is 0 Å². The van der Waals surface area contributed by atoms with Gasteiger partial charge in [-0.3, -0.25) is 14.4 Å². The molecule has 0 unspecified atom stereocenters. The summed E-state index contributed by atoms with van der Waals surface area (Å²) in [6.45, 7) is 2.85. The molecule has 0 heterocycles. The van der Waals surface area contributed by atoms with Gasteiger partial charge in [0.15, 0.2) is 6.61 Å². The second-order valence-electron chi connectivity index (χ2n) is 6.12. The first-order chi connectivity index (χ1) is 13.4. The monoisotopic (exact) mass is 384 g/mol. The summed E-state index contributed by atoms with van der Waals surface area (Å²) in [5.41, 5.74) is 1.72. The molecule has 0 aliphatic heterocycles. The minimum atomic E-state index is -0.505. The Morgan fingerprint density at radius 3 is 2.36 bits per heavy atom. The lowest BCUT2D eigenvalue weighted by molar-refractivity contribution is -0.149. The summed E-state index contributed by atoms with van der Waals surface area (Å²) in [6.07, 6.45) is 0.567. The van der Waals surface area contributed by atoms with Crippen LogP contribution >= 0.6 is 0 Å². The summed E-state index contributed by atoms with van der Waals surface area (Å²) in [5, 5.41) is 5.26. The molecule has 0 aliphatic rings. The largest absolute Gasteiger partial charge is 0.495 e. The first kappa shape index (κ1) is 21.0. The molecule has 0 bridgehead atoms. The number of nitrogens with one attached hydrogen (secondary N) is 2. The molecule has 7 heteroatoms. The molecule has 2 rings (SSSR count). The molecule has 0 aromatic heterocycles. The standard InChI is InChI=1S/C21H24N2O5/c1-4-17(15-8-6-5-7-9-15)21(26)28-13-20(25)23-18-12-16(22-14(2)24)10-11-19(18)27-3/h5-12,17H,4,13H2,1-3H3,(H,22,24)(H,23,25)/t17-/m1/s1. The fourth-order valence-electron chi connectivity index (χ4n) is 2.73. The van der Waals surface area contributed by atoms with E-state index in [2.05, 4.69) is 10.6 Å². The van der Waals surface area contributed by atoms with Gasteiger partial charge in [0.1, 0.15) is 5.75 Å². The van der Waals surface area contributed by atoms with E-state index in [4.69, 9.17) is 9.47 Å². The Balaban J connectivity index is 2.00. The number of benzene rings is 2. The average molecular weight is 384 g/mol. The van der Waals surface area contributed by atoms with E-state index in [-0.39, 0.29) is 5.91 Å². The number of hydrogen-bond acceptors (Lipinski definition) is 5. The molecule has 0 saturated carbocycles. The number of amides is 2. The fourth-order valence-corrected chi connectivity index (χ4v) is 2.73. The smallest absolute Gasteiger partial charge is 0.313 e. The highest BCUT2D eigenvalue weighted by Gasteiger charge is 2.21. The van der Waals surface area contributed by atoms with Crippen molar-refractivity contribution >= 4 is 29.2 Å². The lowest BCUT2D eigenvalue weighted by atomic mass is 9.97. The summed E-state index contributed by atoms with van der Waals surface area (Å²) < 4.78 is 10.4. The topological polar surface area (TPSA) is 93.7 Å². The van der Waals surface area contributed by atoms with E-state index in [1.807, 2.05) is 37.3 Å². The van der Waals surface area contributed by atoms with E-state index in [1.54, 1.807) is 18.2 Å². The SMILES string of the molecule is CC[C@@H](C(=O)OCC(=O)Nc1cc(NC(C)=O)ccc1OC)c1ccccc1. The van der Waals surface area contributed by atoms with Crippen LogP contribution in [0.3, 0.4) is 0 Å². The molecular formula is C21H24N2O5. The van der Waals surface area contributed by atoms with Gasteiger partial charge in [0, 0.05) is 12.6 Å². The van der Waals surface area contributed by atoms with Crippen LogP contribution in [0, 0.1) is 0 Å². The first-order valence-electron chi connectivity index (χ1n) is 8.91. The number of anilines is 2. The highest BCUT2D eigenvalue weighted by molar-refractivity contribution is 5.96. The normalized spacial score (nSPS) is 11.2. The minimum absolute atomic E-state index is 0.233. The van der Waals surface area contributed by atoms with Crippen molar-refractivity contribution in [1.29, 1.82) is 0 Å². The third kappa shape index (κ3) is 5.84. The van der Waals surface area contributed by atoms with E-state index in [0.29, 0.717) is 23.5 Å². The van der Waals surface area contributed by atoms with Gasteiger partial charge in [-0.25, -0.2) is 0 Å². The predicted molar refractivity (Wildman–Crippen MR) is 106 cm³/mol. The fraction of sp³-hybridized carbons (Fsp3) is 0.286. The van der Waals surface area contributed by atoms with Crippen LogP contribution < -0.4 is 15.4 Å². The molecule has 7 nitrogen and oxygen atoms in total. The highest BCUT2D eigenvalue weighted by atomic mass is 16.5. The van der Waals surface area contributed by atoms with E-state index >= 15 is 0 Å². The molecular weight excluding hydrogens is 360 g/mol. The number of carbonyl (C=O) groups excluding carboxylic acids is 3. The maximum absolute atomic E-state index is 12.4. The van der Waals surface area contributed by atoms with Gasteiger partial charge in [0.05, 0.1) is 18.7 Å². The Morgan fingerprint density at radius 2 is 1.75 bits per heavy atom. The molecule has 2 aromatic carbocycles. The summed E-state index contributed by atoms with van der Waals surface area (Å²) in [6, 6.07) is 14.1. The minimum Gasteiger partial charge on any atom is -0.495 e. The highest BCUT2D eigenvalue weighted by Crippen LogP contribution is 2.28. The number of esters is 1. The predicted octanol–water partition coefficient (Wildman–Crippen LogP) is 3.33. The molecule has 28 heavy (non-hydrogen) atoms. The number of methoxy groups -OCH3 is 1. The molecule has 0 radical (unpaired) electrons. The third-order valence-electron chi connectivity index (χ3n) is 4.03. The van der Waals surface area contributed by atoms with Crippen LogP contribution in [0.4, 0.5) is 11.4 Å². The molecule has 0 saturated heterocycles. The van der Waals surface area contributed by atoms with Gasteiger partial charge in [-0.2, -0.15) is 0 Å². The summed E-state index contributed by atoms with van der Waals surface area (Å²) in [4.78, 5) is 35.8. The second kappa shape index (κ2) is 10.1. The Hall–Kier alpha value is -3.35. The van der Waals surface area contributed by atoms with Gasteiger partial charge in [-0.1, -0.05) is 37.3 Å². The summed E-state index contributed by atoms with van der Waals surface area (Å²) in [7, 11) is 1.47. The first-order valence-corrected chi connectivity index (χ1v) is 8.91. The zero-order chi connectivity index (χ0) is 20.5. The maximum atomic E-state index is 12.4. The molecule has 148 valence electrons. The Kier molecular flexibility index (Phi) is 7.56. The Morgan fingerprint density at radius 1 is 1.04 bits per heavy atom. The quantitative estimate of drug-likeness (QED) is 0.681. The molecule has 2 N–H and O–H groups in total. The van der Waals surface area contributed by atoms with Crippen LogP contribution in [0.1, 0.15) is 31.7 Å². The van der Waals surface area contributed by atoms with Crippen molar-refractivity contribution in [1.82, 2.24) is 0 Å². The Bertz CT molecular complexity index is 836. The van der Waals surface area contributed by atoms with Crippen molar-refractivity contribution in [2.45, 2.75) is 26.2 Å². The lowest BCUT2D eigenvalue weighted by Gasteiger charge is -2.15. The molecule has 1 atom stereocenters. The summed E-state index contributed by atoms with van der Waals surface area (Å²) in [5.74, 6) is -1.20. The number of carbonyl (C=O) groups is 3. The van der Waals surface area contributed by atoms with Crippen LogP contribution in [0.2, 0.25) is 0 Å². The number of hydrogen-bond donors (Lipinski definition) is 2. The average Bonchev–Trinajstić information content (AvgIpc) is 2.67. The van der Waals surface area contributed by atoms with Crippen LogP contribution in [-0.4, -0.2) is 31.5 Å². The second-order valence-corrected chi connectivity index (χ2v) is 6.12. The van der Waals surface area contributed by atoms with Crippen LogP contribution in [-0.2, 0) is 19.1 Å². The van der Waals surface area contributed by atoms with E-state index in [0.717, 1.165) is 5.56 Å². The Labute approximate surface area is 164 Å². The molecule has 0 fully saturated rings. The zero-order valence-electron chi connectivity index (χ0n) is 16.2. The lowest BCUT2D eigenvalue weighted by Crippen LogP contribution is -2.24. The van der Waals surface area contributed by atoms with Crippen molar-refractivity contribution in [3.05, 3.63) is 54.1 Å². The van der Waals surface area contributed by atoms with Crippen molar-refractivity contribution in [3.63, 3.8) is 0 Å². The van der Waals surface area contributed by atoms with E-state index < -0.39 is 24.4 Å². The molecule has 2 aromatic rings. The van der Waals surface area contributed by atoms with Gasteiger partial charge in [0.25, 0.3) is 5.91 Å². The maximum Gasteiger partial charge on any atom is 0.313 e. The number of ether oxygens (including phenoxy) is 2. The summed E-state index contributed by atoms with van der Waals surface area (Å²) >= 11 is 0. The zero-order valence-corrected chi connectivity index (χ0v) is 16.2. The van der Waals surface area contributed by atoms with Gasteiger partial charge in [0.2, 0.25) is 5.91 Å². The molecule has 0 spiro atoms. The van der Waals surface area contributed by atoms with E-state index in [1.165, 1.54) is 14.0 Å². The van der Waals surface area contributed by atoms with Crippen molar-refractivity contribution < 1.29 is 23.9 Å². The van der Waals surface area contributed by atoms with Crippen LogP contribution in [0.5, 0.6) is 5.75 Å². The third-order valence-corrected chi connectivity index (χ3v) is 4.03. The van der Waals surface area contributed by atoms with Crippen LogP contribution in [0.15, 0.2) is 48.5 Å². The van der Waals surface area contributed by atoms with Gasteiger partial charge >= 0.3 is 5.97 Å². The van der Waals surface area contributed by atoms with Crippen molar-refractivity contribution in [3.8, 4) is 5.75 Å². The van der Waals surface area contributed by atoms with Gasteiger partial charge in [-0.05, 0) is 30.2 Å². The van der Waals surface area contributed by atoms with Crippen LogP contribution in [0.25, 0.3) is 0 Å². The molecule has 0 aliphatic carbocycles. The van der Waals surface area contributed by atoms with Gasteiger partial charge < -0.3 is 20.1 Å². The van der Waals surface area contributed by atoms with Crippen molar-refractivity contribution in [2.75, 3.05) is 24.4 Å². The molecule has 2 amide bonds. The van der Waals surface area contributed by atoms with E-state index in [9.17, 15) is 14.4 Å². The number of rotatable bonds is 8. The van der Waals surface area contributed by atoms with Crippen molar-refractivity contribution in [2.24, 2.45) is 0 Å².